The minimum Gasteiger partial charge on any atom is -0.351 e. The lowest BCUT2D eigenvalue weighted by Gasteiger charge is -2.10. The number of nitrogens with one attached hydrogen (secondary N) is 2. The Morgan fingerprint density at radius 3 is 2.71 bits per heavy atom. The summed E-state index contributed by atoms with van der Waals surface area (Å²) in [5, 5.41) is 2.35. The SMILES string of the molecule is O=C(NCCc1ncc[nH]1)c1cc(C(F)(F)F)ccc1F. The average molecular weight is 301 g/mol. The number of aromatic amines is 1. The predicted octanol–water partition coefficient (Wildman–Crippen LogP) is 2.54. The van der Waals surface area contributed by atoms with Crippen molar-refractivity contribution < 1.29 is 22.4 Å². The van der Waals surface area contributed by atoms with Crippen molar-refractivity contribution in [3.63, 3.8) is 0 Å². The van der Waals surface area contributed by atoms with Crippen molar-refractivity contribution in [1.82, 2.24) is 15.3 Å². The molecule has 0 saturated carbocycles. The van der Waals surface area contributed by atoms with Crippen molar-refractivity contribution in [2.45, 2.75) is 12.6 Å². The van der Waals surface area contributed by atoms with Crippen molar-refractivity contribution in [2.75, 3.05) is 6.54 Å². The Labute approximate surface area is 117 Å². The van der Waals surface area contributed by atoms with Crippen LogP contribution in [0.5, 0.6) is 0 Å². The summed E-state index contributed by atoms with van der Waals surface area (Å²) in [5.41, 5.74) is -1.70. The standard InChI is InChI=1S/C13H11F4N3O/c14-10-2-1-8(13(15,16)17)7-9(10)12(21)20-4-3-11-18-5-6-19-11/h1-2,5-7H,3-4H2,(H,18,19)(H,20,21). The predicted molar refractivity (Wildman–Crippen MR) is 66.0 cm³/mol. The van der Waals surface area contributed by atoms with Crippen molar-refractivity contribution in [1.29, 1.82) is 0 Å². The second kappa shape index (κ2) is 5.94. The third-order valence-electron chi connectivity index (χ3n) is 2.74. The van der Waals surface area contributed by atoms with Gasteiger partial charge in [-0.25, -0.2) is 9.37 Å². The summed E-state index contributed by atoms with van der Waals surface area (Å²) in [7, 11) is 0. The topological polar surface area (TPSA) is 57.8 Å². The van der Waals surface area contributed by atoms with Crippen LogP contribution in [0.4, 0.5) is 17.6 Å². The third kappa shape index (κ3) is 3.80. The van der Waals surface area contributed by atoms with E-state index in [0.717, 1.165) is 0 Å². The molecule has 0 bridgehead atoms. The van der Waals surface area contributed by atoms with Gasteiger partial charge in [-0.3, -0.25) is 4.79 Å². The summed E-state index contributed by atoms with van der Waals surface area (Å²) >= 11 is 0. The number of carbonyl (C=O) groups is 1. The number of halogens is 4. The van der Waals surface area contributed by atoms with Crippen LogP contribution < -0.4 is 5.32 Å². The van der Waals surface area contributed by atoms with E-state index in [-0.39, 0.29) is 6.54 Å². The van der Waals surface area contributed by atoms with Gasteiger partial charge in [0.25, 0.3) is 5.91 Å². The molecule has 0 saturated heterocycles. The van der Waals surface area contributed by atoms with Gasteiger partial charge in [0.15, 0.2) is 0 Å². The number of carbonyl (C=O) groups excluding carboxylic acids is 1. The van der Waals surface area contributed by atoms with E-state index in [9.17, 15) is 22.4 Å². The molecule has 1 aromatic carbocycles. The molecule has 2 N–H and O–H groups in total. The molecule has 0 unspecified atom stereocenters. The van der Waals surface area contributed by atoms with Gasteiger partial charge in [0, 0.05) is 25.4 Å². The van der Waals surface area contributed by atoms with Crippen LogP contribution in [0.3, 0.4) is 0 Å². The van der Waals surface area contributed by atoms with E-state index in [1.807, 2.05) is 0 Å². The van der Waals surface area contributed by atoms with Crippen LogP contribution in [0.1, 0.15) is 21.7 Å². The van der Waals surface area contributed by atoms with Crippen LogP contribution in [0, 0.1) is 5.82 Å². The highest BCUT2D eigenvalue weighted by molar-refractivity contribution is 5.94. The van der Waals surface area contributed by atoms with Crippen LogP contribution in [0.25, 0.3) is 0 Å². The molecule has 0 aliphatic rings. The first-order valence-corrected chi connectivity index (χ1v) is 6.01. The smallest absolute Gasteiger partial charge is 0.351 e. The number of H-pyrrole nitrogens is 1. The molecular formula is C13H11F4N3O. The highest BCUT2D eigenvalue weighted by Crippen LogP contribution is 2.30. The van der Waals surface area contributed by atoms with Gasteiger partial charge in [-0.2, -0.15) is 13.2 Å². The second-order valence-electron chi connectivity index (χ2n) is 4.23. The largest absolute Gasteiger partial charge is 0.416 e. The maximum atomic E-state index is 13.5. The van der Waals surface area contributed by atoms with Crippen LogP contribution in [0.15, 0.2) is 30.6 Å². The molecule has 4 nitrogen and oxygen atoms in total. The van der Waals surface area contributed by atoms with Crippen molar-refractivity contribution >= 4 is 5.91 Å². The lowest BCUT2D eigenvalue weighted by atomic mass is 10.1. The lowest BCUT2D eigenvalue weighted by molar-refractivity contribution is -0.137. The number of hydrogen-bond donors (Lipinski definition) is 2. The van der Waals surface area contributed by atoms with Gasteiger partial charge in [-0.05, 0) is 18.2 Å². The van der Waals surface area contributed by atoms with Crippen molar-refractivity contribution in [3.8, 4) is 0 Å². The number of imidazole rings is 1. The van der Waals surface area contributed by atoms with Gasteiger partial charge in [0.2, 0.25) is 0 Å². The number of alkyl halides is 3. The molecule has 1 aromatic heterocycles. The van der Waals surface area contributed by atoms with E-state index in [4.69, 9.17) is 0 Å². The van der Waals surface area contributed by atoms with E-state index in [1.165, 1.54) is 6.20 Å². The molecule has 1 heterocycles. The highest BCUT2D eigenvalue weighted by atomic mass is 19.4. The summed E-state index contributed by atoms with van der Waals surface area (Å²) in [4.78, 5) is 18.4. The molecule has 21 heavy (non-hydrogen) atoms. The number of benzene rings is 1. The number of amides is 1. The zero-order chi connectivity index (χ0) is 15.5. The normalized spacial score (nSPS) is 11.4. The van der Waals surface area contributed by atoms with E-state index in [2.05, 4.69) is 15.3 Å². The molecule has 0 radical (unpaired) electrons. The van der Waals surface area contributed by atoms with Gasteiger partial charge in [0.1, 0.15) is 11.6 Å². The minimum absolute atomic E-state index is 0.127. The Hall–Kier alpha value is -2.38. The molecule has 1 amide bonds. The molecule has 0 aliphatic carbocycles. The van der Waals surface area contributed by atoms with Crippen LogP contribution in [0.2, 0.25) is 0 Å². The molecule has 112 valence electrons. The number of hydrogen-bond acceptors (Lipinski definition) is 2. The first kappa shape index (κ1) is 15.0. The Bertz CT molecular complexity index is 623. The van der Waals surface area contributed by atoms with Crippen LogP contribution in [-0.2, 0) is 12.6 Å². The van der Waals surface area contributed by atoms with Crippen LogP contribution in [-0.4, -0.2) is 22.4 Å². The summed E-state index contributed by atoms with van der Waals surface area (Å²) in [6.07, 6.45) is -1.14. The zero-order valence-corrected chi connectivity index (χ0v) is 10.7. The number of rotatable bonds is 4. The Balaban J connectivity index is 2.04. The van der Waals surface area contributed by atoms with E-state index >= 15 is 0 Å². The molecule has 0 aliphatic heterocycles. The minimum atomic E-state index is -4.63. The van der Waals surface area contributed by atoms with E-state index < -0.39 is 29.0 Å². The fourth-order valence-electron chi connectivity index (χ4n) is 1.70. The summed E-state index contributed by atoms with van der Waals surface area (Å²) in [5.74, 6) is -1.29. The summed E-state index contributed by atoms with van der Waals surface area (Å²) in [6.45, 7) is 0.127. The molecule has 0 atom stereocenters. The Morgan fingerprint density at radius 1 is 1.33 bits per heavy atom. The third-order valence-corrected chi connectivity index (χ3v) is 2.74. The van der Waals surface area contributed by atoms with Gasteiger partial charge in [-0.1, -0.05) is 0 Å². The van der Waals surface area contributed by atoms with Gasteiger partial charge in [-0.15, -0.1) is 0 Å². The van der Waals surface area contributed by atoms with Gasteiger partial charge < -0.3 is 10.3 Å². The summed E-state index contributed by atoms with van der Waals surface area (Å²) < 4.78 is 51.1. The average Bonchev–Trinajstić information content (AvgIpc) is 2.91. The lowest BCUT2D eigenvalue weighted by Crippen LogP contribution is -2.27. The molecule has 2 rings (SSSR count). The maximum absolute atomic E-state index is 13.5. The first-order valence-electron chi connectivity index (χ1n) is 6.01. The number of aromatic nitrogens is 2. The summed E-state index contributed by atoms with van der Waals surface area (Å²) in [6, 6.07) is 1.72. The first-order chi connectivity index (χ1) is 9.88. The van der Waals surface area contributed by atoms with E-state index in [0.29, 0.717) is 30.4 Å². The molecular weight excluding hydrogens is 290 g/mol. The molecule has 8 heteroatoms. The van der Waals surface area contributed by atoms with Crippen molar-refractivity contribution in [2.24, 2.45) is 0 Å². The quantitative estimate of drug-likeness (QED) is 0.853. The molecule has 0 fully saturated rings. The zero-order valence-electron chi connectivity index (χ0n) is 10.7. The second-order valence-corrected chi connectivity index (χ2v) is 4.23. The van der Waals surface area contributed by atoms with Crippen molar-refractivity contribution in [3.05, 3.63) is 53.4 Å². The van der Waals surface area contributed by atoms with Gasteiger partial charge >= 0.3 is 6.18 Å². The van der Waals surface area contributed by atoms with E-state index in [1.54, 1.807) is 6.20 Å². The monoisotopic (exact) mass is 301 g/mol. The highest BCUT2D eigenvalue weighted by Gasteiger charge is 2.31. The maximum Gasteiger partial charge on any atom is 0.416 e. The Morgan fingerprint density at radius 2 is 2.10 bits per heavy atom. The fourth-order valence-corrected chi connectivity index (χ4v) is 1.70. The molecule has 2 aromatic rings. The fraction of sp³-hybridized carbons (Fsp3) is 0.231. The van der Waals surface area contributed by atoms with Gasteiger partial charge in [0.05, 0.1) is 11.1 Å². The Kier molecular flexibility index (Phi) is 4.25. The van der Waals surface area contributed by atoms with Crippen LogP contribution >= 0.6 is 0 Å². The molecule has 0 spiro atoms. The number of nitrogens with zero attached hydrogens (tertiary/aromatic N) is 1.